The van der Waals surface area contributed by atoms with Crippen LogP contribution in [0.1, 0.15) is 32.1 Å². The Hall–Kier alpha value is -0.850. The summed E-state index contributed by atoms with van der Waals surface area (Å²) in [5.41, 5.74) is 0.898. The van der Waals surface area contributed by atoms with Crippen LogP contribution in [0.3, 0.4) is 0 Å². The molecule has 0 aromatic heterocycles. The van der Waals surface area contributed by atoms with Crippen LogP contribution in [0.4, 0.5) is 4.39 Å². The van der Waals surface area contributed by atoms with E-state index >= 15 is 0 Å². The maximum absolute atomic E-state index is 13.2. The van der Waals surface area contributed by atoms with Crippen molar-refractivity contribution >= 4 is 0 Å². The molecule has 0 radical (unpaired) electrons. The topological polar surface area (TPSA) is 0 Å². The van der Waals surface area contributed by atoms with Gasteiger partial charge >= 0.3 is 0 Å². The lowest BCUT2D eigenvalue weighted by molar-refractivity contribution is 0.625. The molecule has 0 heterocycles. The molecule has 0 aromatic rings. The molecule has 0 unspecified atom stereocenters. The molecule has 0 spiro atoms. The molecule has 70 valence electrons. The van der Waals surface area contributed by atoms with Crippen molar-refractivity contribution in [2.75, 3.05) is 0 Å². The van der Waals surface area contributed by atoms with E-state index in [9.17, 15) is 4.39 Å². The van der Waals surface area contributed by atoms with Crippen LogP contribution >= 0.6 is 0 Å². The first-order valence-corrected chi connectivity index (χ1v) is 5.09. The van der Waals surface area contributed by atoms with Gasteiger partial charge in [-0.05, 0) is 36.8 Å². The minimum Gasteiger partial charge on any atom is -0.207 e. The average molecular weight is 178 g/mol. The SMILES string of the molecule is FC1=CC=CCC1=CC1CCCC1. The Morgan fingerprint density at radius 2 is 2.08 bits per heavy atom. The summed E-state index contributed by atoms with van der Waals surface area (Å²) in [5, 5.41) is 0. The van der Waals surface area contributed by atoms with Crippen molar-refractivity contribution in [3.05, 3.63) is 35.7 Å². The molecule has 0 atom stereocenters. The predicted molar refractivity (Wildman–Crippen MR) is 53.0 cm³/mol. The van der Waals surface area contributed by atoms with Gasteiger partial charge in [-0.3, -0.25) is 0 Å². The normalized spacial score (nSPS) is 26.8. The molecule has 0 bridgehead atoms. The van der Waals surface area contributed by atoms with E-state index in [-0.39, 0.29) is 5.83 Å². The van der Waals surface area contributed by atoms with Crippen molar-refractivity contribution in [2.24, 2.45) is 5.92 Å². The van der Waals surface area contributed by atoms with Crippen molar-refractivity contribution in [2.45, 2.75) is 32.1 Å². The van der Waals surface area contributed by atoms with E-state index in [4.69, 9.17) is 0 Å². The first-order valence-electron chi connectivity index (χ1n) is 5.09. The second-order valence-electron chi connectivity index (χ2n) is 3.88. The molecule has 2 rings (SSSR count). The fourth-order valence-corrected chi connectivity index (χ4v) is 2.11. The minimum absolute atomic E-state index is 0.0330. The molecule has 1 fully saturated rings. The third-order valence-corrected chi connectivity index (χ3v) is 2.86. The van der Waals surface area contributed by atoms with E-state index < -0.39 is 0 Å². The minimum atomic E-state index is -0.0330. The van der Waals surface area contributed by atoms with Gasteiger partial charge in [0, 0.05) is 0 Å². The molecule has 0 aliphatic heterocycles. The summed E-state index contributed by atoms with van der Waals surface area (Å²) < 4.78 is 13.2. The van der Waals surface area contributed by atoms with Crippen LogP contribution < -0.4 is 0 Å². The number of halogens is 1. The summed E-state index contributed by atoms with van der Waals surface area (Å²) in [5.74, 6) is 0.607. The zero-order chi connectivity index (χ0) is 9.10. The average Bonchev–Trinajstić information content (AvgIpc) is 2.61. The summed E-state index contributed by atoms with van der Waals surface area (Å²) >= 11 is 0. The number of hydrogen-bond acceptors (Lipinski definition) is 0. The highest BCUT2D eigenvalue weighted by Gasteiger charge is 2.15. The summed E-state index contributed by atoms with van der Waals surface area (Å²) in [7, 11) is 0. The van der Waals surface area contributed by atoms with Gasteiger partial charge in [0.1, 0.15) is 5.83 Å². The highest BCUT2D eigenvalue weighted by atomic mass is 19.1. The smallest absolute Gasteiger partial charge is 0.126 e. The van der Waals surface area contributed by atoms with Gasteiger partial charge in [0.05, 0.1) is 0 Å². The summed E-state index contributed by atoms with van der Waals surface area (Å²) in [6, 6.07) is 0. The number of allylic oxidation sites excluding steroid dienone is 6. The second-order valence-corrected chi connectivity index (χ2v) is 3.88. The third kappa shape index (κ3) is 2.09. The lowest BCUT2D eigenvalue weighted by atomic mass is 9.99. The van der Waals surface area contributed by atoms with E-state index in [1.54, 1.807) is 12.2 Å². The zero-order valence-electron chi connectivity index (χ0n) is 7.80. The van der Waals surface area contributed by atoms with Crippen LogP contribution in [0.15, 0.2) is 35.7 Å². The molecule has 0 N–H and O–H groups in total. The van der Waals surface area contributed by atoms with Gasteiger partial charge in [-0.25, -0.2) is 4.39 Å². The van der Waals surface area contributed by atoms with Crippen LogP contribution in [0.2, 0.25) is 0 Å². The Balaban J connectivity index is 2.06. The predicted octanol–water partition coefficient (Wildman–Crippen LogP) is 3.92. The van der Waals surface area contributed by atoms with Crippen molar-refractivity contribution in [1.82, 2.24) is 0 Å². The molecule has 2 aliphatic rings. The van der Waals surface area contributed by atoms with Crippen molar-refractivity contribution in [3.63, 3.8) is 0 Å². The van der Waals surface area contributed by atoms with Crippen LogP contribution in [-0.2, 0) is 0 Å². The van der Waals surface area contributed by atoms with Crippen LogP contribution in [0, 0.1) is 5.92 Å². The molecule has 1 heteroatoms. The Morgan fingerprint density at radius 1 is 1.31 bits per heavy atom. The highest BCUT2D eigenvalue weighted by molar-refractivity contribution is 5.35. The first-order chi connectivity index (χ1) is 6.36. The summed E-state index contributed by atoms with van der Waals surface area (Å²) in [4.78, 5) is 0. The number of hydrogen-bond donors (Lipinski definition) is 0. The lowest BCUT2D eigenvalue weighted by Gasteiger charge is -2.09. The standard InChI is InChI=1S/C12H15F/c13-12-8-4-3-7-11(12)9-10-5-1-2-6-10/h3-4,8-10H,1-2,5-7H2. The molecular formula is C12H15F. The van der Waals surface area contributed by atoms with E-state index in [0.29, 0.717) is 5.92 Å². The number of rotatable bonds is 1. The fraction of sp³-hybridized carbons (Fsp3) is 0.500. The molecular weight excluding hydrogens is 163 g/mol. The van der Waals surface area contributed by atoms with Crippen molar-refractivity contribution in [1.29, 1.82) is 0 Å². The Labute approximate surface area is 78.8 Å². The lowest BCUT2D eigenvalue weighted by Crippen LogP contribution is -1.93. The quantitative estimate of drug-likeness (QED) is 0.571. The monoisotopic (exact) mass is 178 g/mol. The zero-order valence-corrected chi connectivity index (χ0v) is 7.80. The summed E-state index contributed by atoms with van der Waals surface area (Å²) in [6.45, 7) is 0. The third-order valence-electron chi connectivity index (χ3n) is 2.86. The Bertz CT molecular complexity index is 265. The van der Waals surface area contributed by atoms with Gasteiger partial charge in [0.15, 0.2) is 0 Å². The first kappa shape index (κ1) is 8.74. The molecule has 0 aromatic carbocycles. The molecule has 0 amide bonds. The van der Waals surface area contributed by atoms with E-state index in [0.717, 1.165) is 12.0 Å². The molecule has 0 nitrogen and oxygen atoms in total. The van der Waals surface area contributed by atoms with Gasteiger partial charge in [-0.1, -0.05) is 31.1 Å². The van der Waals surface area contributed by atoms with Crippen LogP contribution in [0.5, 0.6) is 0 Å². The van der Waals surface area contributed by atoms with E-state index in [1.165, 1.54) is 25.7 Å². The van der Waals surface area contributed by atoms with Gasteiger partial charge in [-0.15, -0.1) is 0 Å². The van der Waals surface area contributed by atoms with Gasteiger partial charge in [0.2, 0.25) is 0 Å². The van der Waals surface area contributed by atoms with E-state index in [1.807, 2.05) is 6.08 Å². The maximum Gasteiger partial charge on any atom is 0.126 e. The molecule has 2 aliphatic carbocycles. The summed E-state index contributed by atoms with van der Waals surface area (Å²) in [6.07, 6.45) is 13.4. The Kier molecular flexibility index (Phi) is 2.62. The fourth-order valence-electron chi connectivity index (χ4n) is 2.11. The van der Waals surface area contributed by atoms with Crippen LogP contribution in [-0.4, -0.2) is 0 Å². The van der Waals surface area contributed by atoms with Gasteiger partial charge < -0.3 is 0 Å². The molecule has 0 saturated heterocycles. The highest BCUT2D eigenvalue weighted by Crippen LogP contribution is 2.30. The van der Waals surface area contributed by atoms with Gasteiger partial charge in [0.25, 0.3) is 0 Å². The Morgan fingerprint density at radius 3 is 2.77 bits per heavy atom. The second kappa shape index (κ2) is 3.91. The maximum atomic E-state index is 13.2. The van der Waals surface area contributed by atoms with Crippen molar-refractivity contribution in [3.8, 4) is 0 Å². The largest absolute Gasteiger partial charge is 0.207 e. The van der Waals surface area contributed by atoms with Crippen molar-refractivity contribution < 1.29 is 4.39 Å². The van der Waals surface area contributed by atoms with E-state index in [2.05, 4.69) is 6.08 Å². The molecule has 13 heavy (non-hydrogen) atoms. The molecule has 1 saturated carbocycles. The van der Waals surface area contributed by atoms with Crippen LogP contribution in [0.25, 0.3) is 0 Å². The van der Waals surface area contributed by atoms with Gasteiger partial charge in [-0.2, -0.15) is 0 Å².